The molecule has 0 heterocycles. The van der Waals surface area contributed by atoms with Gasteiger partial charge in [0.25, 0.3) is 0 Å². The number of hydrogen-bond acceptors (Lipinski definition) is 3. The van der Waals surface area contributed by atoms with Crippen LogP contribution in [0.4, 0.5) is 4.79 Å². The predicted molar refractivity (Wildman–Crippen MR) is 45.4 cm³/mol. The molecule has 0 unspecified atom stereocenters. The Morgan fingerprint density at radius 1 is 1.38 bits per heavy atom. The summed E-state index contributed by atoms with van der Waals surface area (Å²) in [6, 6.07) is 4.19. The third kappa shape index (κ3) is 2.19. The van der Waals surface area contributed by atoms with Gasteiger partial charge < -0.3 is 15.3 Å². The Labute approximate surface area is 73.6 Å². The third-order valence-electron chi connectivity index (χ3n) is 1.36. The number of nitrogens with zero attached hydrogens (tertiary/aromatic N) is 1. The third-order valence-corrected chi connectivity index (χ3v) is 1.36. The van der Waals surface area contributed by atoms with Gasteiger partial charge in [-0.1, -0.05) is 6.07 Å². The zero-order chi connectivity index (χ0) is 9.84. The van der Waals surface area contributed by atoms with E-state index in [-0.39, 0.29) is 17.1 Å². The molecule has 3 N–H and O–H groups in total. The van der Waals surface area contributed by atoms with Crippen LogP contribution in [0.3, 0.4) is 0 Å². The van der Waals surface area contributed by atoms with Crippen LogP contribution in [-0.4, -0.2) is 27.6 Å². The van der Waals surface area contributed by atoms with Crippen molar-refractivity contribution in [2.45, 2.75) is 0 Å². The minimum atomic E-state index is -1.36. The van der Waals surface area contributed by atoms with Gasteiger partial charge in [-0.05, 0) is 12.1 Å². The van der Waals surface area contributed by atoms with Crippen molar-refractivity contribution in [3.8, 4) is 11.5 Å². The Morgan fingerprint density at radius 2 is 2.08 bits per heavy atom. The van der Waals surface area contributed by atoms with Crippen LogP contribution in [0.2, 0.25) is 0 Å². The van der Waals surface area contributed by atoms with Gasteiger partial charge in [0.2, 0.25) is 0 Å². The fraction of sp³-hybridized carbons (Fsp3) is 0. The van der Waals surface area contributed by atoms with Gasteiger partial charge in [0.05, 0.1) is 0 Å². The lowest BCUT2D eigenvalue weighted by Crippen LogP contribution is -1.88. The van der Waals surface area contributed by atoms with Crippen molar-refractivity contribution in [3.05, 3.63) is 23.8 Å². The molecule has 13 heavy (non-hydrogen) atoms. The number of carboxylic acid groups (broad SMARTS) is 1. The number of carbonyl (C=O) groups is 1. The van der Waals surface area contributed by atoms with E-state index in [2.05, 4.69) is 4.99 Å². The molecule has 1 aromatic rings. The van der Waals surface area contributed by atoms with Gasteiger partial charge in [0.1, 0.15) is 0 Å². The summed E-state index contributed by atoms with van der Waals surface area (Å²) in [4.78, 5) is 13.0. The zero-order valence-corrected chi connectivity index (χ0v) is 6.51. The molecule has 0 aliphatic rings. The molecular formula is C8H7NO4. The van der Waals surface area contributed by atoms with Crippen molar-refractivity contribution in [2.75, 3.05) is 0 Å². The normalized spacial score (nSPS) is 10.5. The van der Waals surface area contributed by atoms with Crippen LogP contribution in [0.5, 0.6) is 11.5 Å². The molecule has 0 aliphatic heterocycles. The fourth-order valence-electron chi connectivity index (χ4n) is 0.778. The SMILES string of the molecule is O=C(O)N=Cc1cccc(O)c1O. The molecule has 0 bridgehead atoms. The van der Waals surface area contributed by atoms with E-state index >= 15 is 0 Å². The molecule has 0 spiro atoms. The van der Waals surface area contributed by atoms with Crippen LogP contribution >= 0.6 is 0 Å². The quantitative estimate of drug-likeness (QED) is 0.448. The van der Waals surface area contributed by atoms with Gasteiger partial charge in [-0.25, -0.2) is 4.79 Å². The summed E-state index contributed by atoms with van der Waals surface area (Å²) in [5, 5.41) is 26.4. The molecule has 1 aromatic carbocycles. The summed E-state index contributed by atoms with van der Waals surface area (Å²) in [5.41, 5.74) is 0.155. The Kier molecular flexibility index (Phi) is 2.49. The number of aromatic hydroxyl groups is 2. The highest BCUT2D eigenvalue weighted by Crippen LogP contribution is 2.26. The minimum Gasteiger partial charge on any atom is -0.504 e. The molecule has 0 saturated heterocycles. The van der Waals surface area contributed by atoms with Crippen LogP contribution in [0.15, 0.2) is 23.2 Å². The van der Waals surface area contributed by atoms with Gasteiger partial charge in [-0.2, -0.15) is 4.99 Å². The van der Waals surface area contributed by atoms with Crippen molar-refractivity contribution < 1.29 is 20.1 Å². The zero-order valence-electron chi connectivity index (χ0n) is 6.51. The van der Waals surface area contributed by atoms with E-state index in [1.807, 2.05) is 0 Å². The van der Waals surface area contributed by atoms with Gasteiger partial charge in [-0.3, -0.25) is 0 Å². The van der Waals surface area contributed by atoms with Crippen molar-refractivity contribution in [1.29, 1.82) is 0 Å². The number of phenols is 2. The van der Waals surface area contributed by atoms with Gasteiger partial charge >= 0.3 is 6.09 Å². The molecule has 0 radical (unpaired) electrons. The van der Waals surface area contributed by atoms with Crippen LogP contribution < -0.4 is 0 Å². The van der Waals surface area contributed by atoms with Crippen molar-refractivity contribution >= 4 is 12.3 Å². The van der Waals surface area contributed by atoms with Crippen molar-refractivity contribution in [3.63, 3.8) is 0 Å². The number of aliphatic imine (C=N–C) groups is 1. The van der Waals surface area contributed by atoms with E-state index in [0.717, 1.165) is 6.21 Å². The number of hydrogen-bond donors (Lipinski definition) is 3. The average Bonchev–Trinajstić information content (AvgIpc) is 2.07. The smallest absolute Gasteiger partial charge is 0.431 e. The second kappa shape index (κ2) is 3.57. The highest BCUT2D eigenvalue weighted by Gasteiger charge is 2.02. The summed E-state index contributed by atoms with van der Waals surface area (Å²) >= 11 is 0. The molecule has 0 aliphatic carbocycles. The van der Waals surface area contributed by atoms with E-state index in [1.54, 1.807) is 0 Å². The van der Waals surface area contributed by atoms with E-state index < -0.39 is 6.09 Å². The van der Waals surface area contributed by atoms with Crippen LogP contribution in [0, 0.1) is 0 Å². The van der Waals surface area contributed by atoms with Gasteiger partial charge in [0, 0.05) is 11.8 Å². The fourth-order valence-corrected chi connectivity index (χ4v) is 0.778. The molecular weight excluding hydrogens is 174 g/mol. The van der Waals surface area contributed by atoms with Gasteiger partial charge in [0.15, 0.2) is 11.5 Å². The number of para-hydroxylation sites is 1. The van der Waals surface area contributed by atoms with E-state index in [1.165, 1.54) is 18.2 Å². The lowest BCUT2D eigenvalue weighted by molar-refractivity contribution is 0.206. The molecule has 68 valence electrons. The lowest BCUT2D eigenvalue weighted by Gasteiger charge is -1.99. The molecule has 5 heteroatoms. The highest BCUT2D eigenvalue weighted by molar-refractivity contribution is 5.91. The summed E-state index contributed by atoms with van der Waals surface area (Å²) in [6.07, 6.45) is -0.403. The lowest BCUT2D eigenvalue weighted by atomic mass is 10.2. The van der Waals surface area contributed by atoms with E-state index in [0.29, 0.717) is 0 Å². The maximum Gasteiger partial charge on any atom is 0.431 e. The highest BCUT2D eigenvalue weighted by atomic mass is 16.4. The maximum absolute atomic E-state index is 10.0. The second-order valence-electron chi connectivity index (χ2n) is 2.26. The first-order chi connectivity index (χ1) is 6.11. The number of benzene rings is 1. The molecule has 0 fully saturated rings. The summed E-state index contributed by atoms with van der Waals surface area (Å²) in [7, 11) is 0. The minimum absolute atomic E-state index is 0.155. The Hall–Kier alpha value is -2.04. The topological polar surface area (TPSA) is 90.1 Å². The molecule has 0 atom stereocenters. The van der Waals surface area contributed by atoms with E-state index in [9.17, 15) is 9.90 Å². The predicted octanol–water partition coefficient (Wildman–Crippen LogP) is 1.19. The Bertz CT molecular complexity index is 359. The molecule has 5 nitrogen and oxygen atoms in total. The molecule has 1 amide bonds. The summed E-state index contributed by atoms with van der Waals surface area (Å²) in [5.74, 6) is -0.693. The van der Waals surface area contributed by atoms with Crippen LogP contribution in [0.25, 0.3) is 0 Å². The van der Waals surface area contributed by atoms with Crippen molar-refractivity contribution in [2.24, 2.45) is 4.99 Å². The van der Waals surface area contributed by atoms with Crippen molar-refractivity contribution in [1.82, 2.24) is 0 Å². The Morgan fingerprint density at radius 3 is 2.69 bits per heavy atom. The first-order valence-electron chi connectivity index (χ1n) is 3.39. The van der Waals surface area contributed by atoms with Crippen LogP contribution in [-0.2, 0) is 0 Å². The number of rotatable bonds is 1. The molecule has 1 rings (SSSR count). The van der Waals surface area contributed by atoms with Crippen LogP contribution in [0.1, 0.15) is 5.56 Å². The largest absolute Gasteiger partial charge is 0.504 e. The molecule has 0 saturated carbocycles. The molecule has 0 aromatic heterocycles. The first kappa shape index (κ1) is 9.05. The average molecular weight is 181 g/mol. The maximum atomic E-state index is 10.0. The standard InChI is InChI=1S/C8H7NO4/c10-6-3-1-2-5(7(6)11)4-9-8(12)13/h1-4,10-11H,(H,12,13). The van der Waals surface area contributed by atoms with Gasteiger partial charge in [-0.15, -0.1) is 0 Å². The number of amides is 1. The second-order valence-corrected chi connectivity index (χ2v) is 2.26. The monoisotopic (exact) mass is 181 g/mol. The van der Waals surface area contributed by atoms with E-state index in [4.69, 9.17) is 10.2 Å². The summed E-state index contributed by atoms with van der Waals surface area (Å²) in [6.45, 7) is 0. The summed E-state index contributed by atoms with van der Waals surface area (Å²) < 4.78 is 0. The Balaban J connectivity index is 3.02. The first-order valence-corrected chi connectivity index (χ1v) is 3.39. The number of phenolic OH excluding ortho intramolecular Hbond substituents is 2.